The molecule has 0 rings (SSSR count). The molecule has 7 nitrogen and oxygen atoms in total. The lowest BCUT2D eigenvalue weighted by molar-refractivity contribution is -0.0773. The molecule has 1 atom stereocenters. The highest BCUT2D eigenvalue weighted by molar-refractivity contribution is 7.85. The lowest BCUT2D eigenvalue weighted by Gasteiger charge is -2.17. The quantitative estimate of drug-likeness (QED) is 0.238. The van der Waals surface area contributed by atoms with Gasteiger partial charge < -0.3 is 20.6 Å². The summed E-state index contributed by atoms with van der Waals surface area (Å²) in [5, 5.41) is 28.0. The van der Waals surface area contributed by atoms with Crippen molar-refractivity contribution in [3.8, 4) is 0 Å². The average Bonchev–Trinajstić information content (AvgIpc) is 1.95. The summed E-state index contributed by atoms with van der Waals surface area (Å²) in [6.07, 6.45) is -1.77. The van der Waals surface area contributed by atoms with Crippen LogP contribution in [-0.2, 0) is 10.1 Å². The van der Waals surface area contributed by atoms with Gasteiger partial charge in [0.1, 0.15) is 0 Å². The normalized spacial score (nSPS) is 14.8. The molecule has 0 aliphatic rings. The zero-order valence-electron chi connectivity index (χ0n) is 6.79. The molecule has 0 aliphatic carbocycles. The van der Waals surface area contributed by atoms with Gasteiger partial charge in [-0.1, -0.05) is 0 Å². The molecule has 0 saturated carbocycles. The first-order valence-corrected chi connectivity index (χ1v) is 5.13. The van der Waals surface area contributed by atoms with Crippen molar-refractivity contribution >= 4 is 10.1 Å². The fourth-order valence-corrected chi connectivity index (χ4v) is 1.01. The lowest BCUT2D eigenvalue weighted by atomic mass is 10.3. The van der Waals surface area contributed by atoms with E-state index in [9.17, 15) is 8.42 Å². The molecule has 0 spiro atoms. The molecular formula is C5H13NO6S. The molecule has 1 unspecified atom stereocenters. The summed E-state index contributed by atoms with van der Waals surface area (Å²) in [5.74, 6) is -0.545. The van der Waals surface area contributed by atoms with Crippen molar-refractivity contribution in [1.82, 2.24) is 5.32 Å². The molecule has 0 saturated heterocycles. The number of aliphatic hydroxyl groups is 3. The Balaban J connectivity index is 3.74. The van der Waals surface area contributed by atoms with Gasteiger partial charge in [-0.15, -0.1) is 0 Å². The summed E-state index contributed by atoms with van der Waals surface area (Å²) in [6, 6.07) is -1.01. The predicted octanol–water partition coefficient (Wildman–Crippen LogP) is -2.86. The maximum Gasteiger partial charge on any atom is 0.266 e. The lowest BCUT2D eigenvalue weighted by Crippen LogP contribution is -2.44. The highest BCUT2D eigenvalue weighted by Crippen LogP contribution is 1.88. The molecule has 80 valence electrons. The fraction of sp³-hybridized carbons (Fsp3) is 1.00. The first kappa shape index (κ1) is 12.8. The Kier molecular flexibility index (Phi) is 5.37. The van der Waals surface area contributed by atoms with Gasteiger partial charge >= 0.3 is 0 Å². The average molecular weight is 215 g/mol. The van der Waals surface area contributed by atoms with Crippen molar-refractivity contribution in [1.29, 1.82) is 0 Å². The van der Waals surface area contributed by atoms with Crippen molar-refractivity contribution in [3.05, 3.63) is 0 Å². The van der Waals surface area contributed by atoms with E-state index < -0.39 is 34.8 Å². The van der Waals surface area contributed by atoms with Gasteiger partial charge in [0, 0.05) is 6.54 Å². The Labute approximate surface area is 75.8 Å². The van der Waals surface area contributed by atoms with Gasteiger partial charge in [-0.25, -0.2) is 0 Å². The van der Waals surface area contributed by atoms with Crippen LogP contribution in [0.2, 0.25) is 0 Å². The third-order valence-electron chi connectivity index (χ3n) is 1.32. The van der Waals surface area contributed by atoms with Crippen LogP contribution in [0.5, 0.6) is 0 Å². The second-order valence-electron chi connectivity index (χ2n) is 2.44. The molecular weight excluding hydrogens is 202 g/mol. The second-order valence-corrected chi connectivity index (χ2v) is 4.01. The molecule has 0 amide bonds. The minimum absolute atomic E-state index is 0.165. The summed E-state index contributed by atoms with van der Waals surface area (Å²) in [7, 11) is -4.06. The zero-order chi connectivity index (χ0) is 10.5. The molecule has 13 heavy (non-hydrogen) atoms. The third kappa shape index (κ3) is 6.87. The number of rotatable bonds is 6. The Hall–Kier alpha value is -0.250. The van der Waals surface area contributed by atoms with Crippen LogP contribution in [0, 0.1) is 0 Å². The molecule has 5 N–H and O–H groups in total. The third-order valence-corrected chi connectivity index (χ3v) is 2.04. The van der Waals surface area contributed by atoms with Crippen LogP contribution < -0.4 is 5.32 Å². The predicted molar refractivity (Wildman–Crippen MR) is 43.5 cm³/mol. The molecule has 0 aromatic carbocycles. The summed E-state index contributed by atoms with van der Waals surface area (Å²) in [5.41, 5.74) is 0. The largest absolute Gasteiger partial charge is 0.395 e. The molecule has 0 fully saturated rings. The maximum atomic E-state index is 10.2. The van der Waals surface area contributed by atoms with Gasteiger partial charge in [-0.2, -0.15) is 8.42 Å². The molecule has 8 heteroatoms. The van der Waals surface area contributed by atoms with E-state index in [-0.39, 0.29) is 6.54 Å². The van der Waals surface area contributed by atoms with Crippen LogP contribution in [0.15, 0.2) is 0 Å². The minimum atomic E-state index is -4.06. The first-order valence-electron chi connectivity index (χ1n) is 3.52. The highest BCUT2D eigenvalue weighted by Gasteiger charge is 2.15. The van der Waals surface area contributed by atoms with E-state index in [0.717, 1.165) is 0 Å². The van der Waals surface area contributed by atoms with Gasteiger partial charge in [-0.05, 0) is 0 Å². The van der Waals surface area contributed by atoms with E-state index in [4.69, 9.17) is 19.9 Å². The van der Waals surface area contributed by atoms with E-state index in [2.05, 4.69) is 5.32 Å². The Morgan fingerprint density at radius 1 is 1.31 bits per heavy atom. The molecule has 0 aromatic heterocycles. The topological polar surface area (TPSA) is 127 Å². The Bertz CT molecular complexity index is 225. The van der Waals surface area contributed by atoms with Gasteiger partial charge in [0.05, 0.1) is 18.4 Å². The summed E-state index contributed by atoms with van der Waals surface area (Å²) < 4.78 is 28.7. The number of nitrogens with one attached hydrogen (secondary N) is 1. The van der Waals surface area contributed by atoms with Crippen molar-refractivity contribution in [2.45, 2.75) is 12.3 Å². The van der Waals surface area contributed by atoms with E-state index in [1.165, 1.54) is 0 Å². The summed E-state index contributed by atoms with van der Waals surface area (Å²) in [6.45, 7) is -0.704. The molecule has 0 bridgehead atoms. The first-order chi connectivity index (χ1) is 5.87. The molecule has 0 radical (unpaired) electrons. The van der Waals surface area contributed by atoms with E-state index in [1.54, 1.807) is 0 Å². The second kappa shape index (κ2) is 5.47. The van der Waals surface area contributed by atoms with E-state index >= 15 is 0 Å². The maximum absolute atomic E-state index is 10.2. The van der Waals surface area contributed by atoms with Crippen molar-refractivity contribution in [3.63, 3.8) is 0 Å². The number of hydrogen-bond donors (Lipinski definition) is 5. The fourth-order valence-electron chi connectivity index (χ4n) is 0.638. The summed E-state index contributed by atoms with van der Waals surface area (Å²) in [4.78, 5) is 0. The molecule has 0 aromatic rings. The van der Waals surface area contributed by atoms with Crippen molar-refractivity contribution < 1.29 is 28.3 Å². The van der Waals surface area contributed by atoms with Crippen molar-refractivity contribution in [2.24, 2.45) is 0 Å². The Morgan fingerprint density at radius 2 is 1.85 bits per heavy atom. The van der Waals surface area contributed by atoms with Crippen molar-refractivity contribution in [2.75, 3.05) is 18.9 Å². The van der Waals surface area contributed by atoms with Crippen LogP contribution >= 0.6 is 0 Å². The monoisotopic (exact) mass is 215 g/mol. The zero-order valence-corrected chi connectivity index (χ0v) is 7.61. The molecule has 0 aliphatic heterocycles. The van der Waals surface area contributed by atoms with E-state index in [0.29, 0.717) is 0 Å². The summed E-state index contributed by atoms with van der Waals surface area (Å²) >= 11 is 0. The van der Waals surface area contributed by atoms with Crippen LogP contribution in [0.25, 0.3) is 0 Å². The number of hydrogen-bond acceptors (Lipinski definition) is 6. The van der Waals surface area contributed by atoms with Crippen LogP contribution in [0.4, 0.5) is 0 Å². The standard InChI is InChI=1S/C5H13NO6S/c7-3-4(5(8)9)6-1-2-13(10,11)12/h4-9H,1-3H2,(H,10,11,12). The van der Waals surface area contributed by atoms with Crippen LogP contribution in [-0.4, -0.2) is 59.5 Å². The highest BCUT2D eigenvalue weighted by atomic mass is 32.2. The van der Waals surface area contributed by atoms with Crippen LogP contribution in [0.3, 0.4) is 0 Å². The van der Waals surface area contributed by atoms with Gasteiger partial charge in [0.2, 0.25) is 0 Å². The number of aliphatic hydroxyl groups excluding tert-OH is 2. The van der Waals surface area contributed by atoms with Gasteiger partial charge in [-0.3, -0.25) is 4.55 Å². The molecule has 0 heterocycles. The Morgan fingerprint density at radius 3 is 2.15 bits per heavy atom. The van der Waals surface area contributed by atoms with E-state index in [1.807, 2.05) is 0 Å². The minimum Gasteiger partial charge on any atom is -0.395 e. The van der Waals surface area contributed by atoms with Crippen LogP contribution in [0.1, 0.15) is 0 Å². The SMILES string of the molecule is O=S(=O)(O)CCNC(CO)C(O)O. The smallest absolute Gasteiger partial charge is 0.266 e. The van der Waals surface area contributed by atoms with Gasteiger partial charge in [0.25, 0.3) is 10.1 Å². The van der Waals surface area contributed by atoms with Gasteiger partial charge in [0.15, 0.2) is 6.29 Å².